The number of nitro benzene ring substituents is 1. The van der Waals surface area contributed by atoms with E-state index in [1.807, 2.05) is 0 Å². The Morgan fingerprint density at radius 1 is 1.40 bits per heavy atom. The van der Waals surface area contributed by atoms with Crippen LogP contribution in [0.2, 0.25) is 0 Å². The van der Waals surface area contributed by atoms with Crippen LogP contribution < -0.4 is 0 Å². The normalized spacial score (nSPS) is 22.1. The molecule has 2 atom stereocenters. The molecule has 108 valence electrons. The number of carbonyl (C=O) groups excluding carboxylic acids is 1. The van der Waals surface area contributed by atoms with Gasteiger partial charge in [0.15, 0.2) is 0 Å². The predicted molar refractivity (Wildman–Crippen MR) is 72.8 cm³/mol. The monoisotopic (exact) mass is 298 g/mol. The molecule has 2 unspecified atom stereocenters. The van der Waals surface area contributed by atoms with E-state index in [4.69, 9.17) is 0 Å². The number of hydrogen-bond donors (Lipinski definition) is 2. The molecule has 0 aliphatic carbocycles. The summed E-state index contributed by atoms with van der Waals surface area (Å²) >= 11 is 1.37. The topological polar surface area (TPSA) is 104 Å². The molecule has 1 heterocycles. The molecule has 2 N–H and O–H groups in total. The fourth-order valence-corrected chi connectivity index (χ4v) is 2.52. The highest BCUT2D eigenvalue weighted by Gasteiger charge is 2.35. The number of nitrogens with zero attached hydrogens (tertiary/aromatic N) is 2. The molecule has 7 nitrogen and oxygen atoms in total. The fourth-order valence-electron chi connectivity index (χ4n) is 2.08. The Kier molecular flexibility index (Phi) is 4.26. The lowest BCUT2D eigenvalue weighted by molar-refractivity contribution is -0.385. The summed E-state index contributed by atoms with van der Waals surface area (Å²) in [5.74, 6) is -0.553. The highest BCUT2D eigenvalue weighted by Crippen LogP contribution is 2.27. The molecular weight excluding hydrogens is 284 g/mol. The highest BCUT2D eigenvalue weighted by atomic mass is 32.2. The number of carbonyl (C=O) groups is 1. The van der Waals surface area contributed by atoms with Crippen LogP contribution in [0.4, 0.5) is 5.69 Å². The molecule has 1 fully saturated rings. The average molecular weight is 298 g/mol. The number of likely N-dealkylation sites (tertiary alicyclic amines) is 1. The van der Waals surface area contributed by atoms with Crippen LogP contribution in [0, 0.1) is 10.1 Å². The summed E-state index contributed by atoms with van der Waals surface area (Å²) < 4.78 is 0. The van der Waals surface area contributed by atoms with Crippen LogP contribution >= 0.6 is 11.8 Å². The minimum atomic E-state index is -1.01. The second kappa shape index (κ2) is 5.78. The molecule has 2 rings (SSSR count). The zero-order valence-corrected chi connectivity index (χ0v) is 11.5. The van der Waals surface area contributed by atoms with Gasteiger partial charge in [-0.15, -0.1) is 11.8 Å². The van der Waals surface area contributed by atoms with Gasteiger partial charge >= 0.3 is 0 Å². The van der Waals surface area contributed by atoms with Gasteiger partial charge in [-0.1, -0.05) is 0 Å². The largest absolute Gasteiger partial charge is 0.388 e. The highest BCUT2D eigenvalue weighted by molar-refractivity contribution is 7.98. The maximum absolute atomic E-state index is 12.3. The fraction of sp³-hybridized carbons (Fsp3) is 0.417. The number of benzene rings is 1. The van der Waals surface area contributed by atoms with E-state index < -0.39 is 23.0 Å². The minimum absolute atomic E-state index is 0.0249. The Balaban J connectivity index is 2.35. The first kappa shape index (κ1) is 14.8. The summed E-state index contributed by atoms with van der Waals surface area (Å²) in [6.45, 7) is -0.0543. The zero-order valence-electron chi connectivity index (χ0n) is 10.7. The number of nitro groups is 1. The van der Waals surface area contributed by atoms with Crippen LogP contribution in [0.3, 0.4) is 0 Å². The maximum Gasteiger partial charge on any atom is 0.282 e. The first-order valence-corrected chi connectivity index (χ1v) is 7.14. The summed E-state index contributed by atoms with van der Waals surface area (Å²) in [4.78, 5) is 24.7. The third-order valence-electron chi connectivity index (χ3n) is 3.18. The van der Waals surface area contributed by atoms with E-state index in [0.29, 0.717) is 0 Å². The lowest BCUT2D eigenvalue weighted by Gasteiger charge is -2.15. The zero-order chi connectivity index (χ0) is 14.9. The van der Waals surface area contributed by atoms with Crippen molar-refractivity contribution in [2.24, 2.45) is 0 Å². The number of β-amino-alcohol motifs (C(OH)–C–C–N with tert-alkyl or cyclic N) is 2. The number of rotatable bonds is 3. The number of hydrogen-bond acceptors (Lipinski definition) is 6. The van der Waals surface area contributed by atoms with Crippen molar-refractivity contribution in [3.8, 4) is 0 Å². The molecule has 0 aromatic heterocycles. The number of aliphatic hydroxyl groups is 2. The lowest BCUT2D eigenvalue weighted by atomic mass is 10.1. The predicted octanol–water partition coefficient (Wildman–Crippen LogP) is 0.494. The van der Waals surface area contributed by atoms with Crippen LogP contribution in [0.15, 0.2) is 23.1 Å². The van der Waals surface area contributed by atoms with Gasteiger partial charge in [0.2, 0.25) is 0 Å². The van der Waals surface area contributed by atoms with Crippen molar-refractivity contribution in [1.29, 1.82) is 0 Å². The molecule has 1 saturated heterocycles. The standard InChI is InChI=1S/C12H14N2O5S/c1-20-7-2-3-9(14(18)19)8(4-7)12(17)13-5-10(15)11(16)6-13/h2-4,10-11,15-16H,5-6H2,1H3. The van der Waals surface area contributed by atoms with Gasteiger partial charge in [0.05, 0.1) is 17.1 Å². The second-order valence-corrected chi connectivity index (χ2v) is 5.36. The van der Waals surface area contributed by atoms with Crippen molar-refractivity contribution in [1.82, 2.24) is 4.90 Å². The molecule has 1 aliphatic heterocycles. The summed E-state index contributed by atoms with van der Waals surface area (Å²) in [7, 11) is 0. The molecular formula is C12H14N2O5S. The average Bonchev–Trinajstić information content (AvgIpc) is 2.77. The third-order valence-corrected chi connectivity index (χ3v) is 3.90. The van der Waals surface area contributed by atoms with Crippen molar-refractivity contribution >= 4 is 23.4 Å². The van der Waals surface area contributed by atoms with Gasteiger partial charge in [0, 0.05) is 24.1 Å². The van der Waals surface area contributed by atoms with Gasteiger partial charge < -0.3 is 15.1 Å². The molecule has 0 bridgehead atoms. The molecule has 1 aromatic rings. The van der Waals surface area contributed by atoms with Crippen LogP contribution in [-0.4, -0.2) is 57.5 Å². The van der Waals surface area contributed by atoms with E-state index >= 15 is 0 Å². The summed E-state index contributed by atoms with van der Waals surface area (Å²) in [6, 6.07) is 4.33. The SMILES string of the molecule is CSc1ccc([N+](=O)[O-])c(C(=O)N2CC(O)C(O)C2)c1. The number of aliphatic hydroxyl groups excluding tert-OH is 2. The maximum atomic E-state index is 12.3. The van der Waals surface area contributed by atoms with Gasteiger partial charge in [-0.05, 0) is 18.4 Å². The Bertz CT molecular complexity index is 541. The van der Waals surface area contributed by atoms with Crippen LogP contribution in [0.25, 0.3) is 0 Å². The molecule has 0 spiro atoms. The van der Waals surface area contributed by atoms with E-state index in [9.17, 15) is 25.1 Å². The van der Waals surface area contributed by atoms with E-state index in [0.717, 1.165) is 4.90 Å². The first-order chi connectivity index (χ1) is 9.43. The molecule has 1 aliphatic rings. The Labute approximate surface area is 119 Å². The minimum Gasteiger partial charge on any atom is -0.388 e. The molecule has 20 heavy (non-hydrogen) atoms. The van der Waals surface area contributed by atoms with Gasteiger partial charge in [-0.3, -0.25) is 14.9 Å². The molecule has 0 saturated carbocycles. The van der Waals surface area contributed by atoms with Gasteiger partial charge in [0.25, 0.3) is 11.6 Å². The number of thioether (sulfide) groups is 1. The smallest absolute Gasteiger partial charge is 0.282 e. The van der Waals surface area contributed by atoms with Crippen LogP contribution in [-0.2, 0) is 0 Å². The Morgan fingerprint density at radius 3 is 2.50 bits per heavy atom. The van der Waals surface area contributed by atoms with Crippen molar-refractivity contribution in [2.45, 2.75) is 17.1 Å². The Morgan fingerprint density at radius 2 is 2.00 bits per heavy atom. The van der Waals surface area contributed by atoms with E-state index in [-0.39, 0.29) is 24.3 Å². The van der Waals surface area contributed by atoms with Crippen molar-refractivity contribution < 1.29 is 19.9 Å². The molecule has 8 heteroatoms. The van der Waals surface area contributed by atoms with Gasteiger partial charge in [-0.2, -0.15) is 0 Å². The molecule has 1 amide bonds. The van der Waals surface area contributed by atoms with E-state index in [1.54, 1.807) is 12.3 Å². The third kappa shape index (κ3) is 2.77. The molecule has 0 radical (unpaired) electrons. The van der Waals surface area contributed by atoms with E-state index in [2.05, 4.69) is 0 Å². The van der Waals surface area contributed by atoms with Crippen molar-refractivity contribution in [3.05, 3.63) is 33.9 Å². The summed E-state index contributed by atoms with van der Waals surface area (Å²) in [5.41, 5.74) is -0.299. The first-order valence-electron chi connectivity index (χ1n) is 5.92. The van der Waals surface area contributed by atoms with Crippen LogP contribution in [0.1, 0.15) is 10.4 Å². The van der Waals surface area contributed by atoms with Crippen LogP contribution in [0.5, 0.6) is 0 Å². The number of amides is 1. The quantitative estimate of drug-likeness (QED) is 0.478. The summed E-state index contributed by atoms with van der Waals surface area (Å²) in [6.07, 6.45) is -0.220. The van der Waals surface area contributed by atoms with Crippen molar-refractivity contribution in [3.63, 3.8) is 0 Å². The van der Waals surface area contributed by atoms with Crippen molar-refractivity contribution in [2.75, 3.05) is 19.3 Å². The van der Waals surface area contributed by atoms with Gasteiger partial charge in [-0.25, -0.2) is 0 Å². The Hall–Kier alpha value is -1.64. The van der Waals surface area contributed by atoms with Gasteiger partial charge in [0.1, 0.15) is 5.56 Å². The lowest BCUT2D eigenvalue weighted by Crippen LogP contribution is -2.30. The van der Waals surface area contributed by atoms with E-state index in [1.165, 1.54) is 28.8 Å². The molecule has 1 aromatic carbocycles. The summed E-state index contributed by atoms with van der Waals surface area (Å²) in [5, 5.41) is 29.9. The second-order valence-electron chi connectivity index (χ2n) is 4.49.